The molecule has 0 bridgehead atoms. The molecule has 0 unspecified atom stereocenters. The zero-order valence-corrected chi connectivity index (χ0v) is 17.6. The Morgan fingerprint density at radius 2 is 1.63 bits per heavy atom. The third-order valence-corrected chi connectivity index (χ3v) is 5.82. The number of fused-ring (bicyclic) bond motifs is 1. The van der Waals surface area contributed by atoms with Gasteiger partial charge in [0.1, 0.15) is 5.75 Å². The molecule has 4 nitrogen and oxygen atoms in total. The second kappa shape index (κ2) is 9.77. The van der Waals surface area contributed by atoms with Crippen LogP contribution in [0.2, 0.25) is 0 Å². The van der Waals surface area contributed by atoms with Crippen molar-refractivity contribution < 1.29 is 9.53 Å². The molecule has 0 aliphatic carbocycles. The van der Waals surface area contributed by atoms with Gasteiger partial charge in [-0.15, -0.1) is 0 Å². The highest BCUT2D eigenvalue weighted by Gasteiger charge is 2.16. The number of piperidine rings is 1. The van der Waals surface area contributed by atoms with Crippen LogP contribution in [-0.4, -0.2) is 30.0 Å². The lowest BCUT2D eigenvalue weighted by Crippen LogP contribution is -2.36. The smallest absolute Gasteiger partial charge is 0.261 e. The summed E-state index contributed by atoms with van der Waals surface area (Å²) in [7, 11) is 0. The summed E-state index contributed by atoms with van der Waals surface area (Å²) in [5, 5.41) is 5.32. The van der Waals surface area contributed by atoms with E-state index < -0.39 is 6.10 Å². The number of nitrogens with one attached hydrogen (secondary N) is 1. The average molecular weight is 403 g/mol. The lowest BCUT2D eigenvalue weighted by molar-refractivity contribution is -0.127. The van der Waals surface area contributed by atoms with Crippen LogP contribution in [0.15, 0.2) is 66.7 Å². The van der Waals surface area contributed by atoms with Gasteiger partial charge in [0.05, 0.1) is 0 Å². The van der Waals surface area contributed by atoms with Gasteiger partial charge in [-0.05, 0) is 66.9 Å². The highest BCUT2D eigenvalue weighted by Crippen LogP contribution is 2.21. The molecule has 1 heterocycles. The molecule has 1 N–H and O–H groups in total. The molecule has 1 amide bonds. The Bertz CT molecular complexity index is 995. The van der Waals surface area contributed by atoms with Crippen LogP contribution in [-0.2, 0) is 17.9 Å². The maximum absolute atomic E-state index is 12.6. The molecular formula is C26H30N2O2. The van der Waals surface area contributed by atoms with Gasteiger partial charge in [-0.2, -0.15) is 0 Å². The van der Waals surface area contributed by atoms with Gasteiger partial charge in [-0.1, -0.05) is 61.0 Å². The largest absolute Gasteiger partial charge is 0.481 e. The van der Waals surface area contributed by atoms with Gasteiger partial charge in [0.25, 0.3) is 5.91 Å². The summed E-state index contributed by atoms with van der Waals surface area (Å²) in [6.45, 7) is 5.60. The first-order valence-electron chi connectivity index (χ1n) is 10.9. The van der Waals surface area contributed by atoms with Crippen molar-refractivity contribution in [3.63, 3.8) is 0 Å². The van der Waals surface area contributed by atoms with Crippen LogP contribution < -0.4 is 10.1 Å². The Kier molecular flexibility index (Phi) is 6.65. The van der Waals surface area contributed by atoms with Crippen LogP contribution in [0.5, 0.6) is 5.75 Å². The molecule has 30 heavy (non-hydrogen) atoms. The Balaban J connectivity index is 1.34. The molecule has 1 atom stereocenters. The quantitative estimate of drug-likeness (QED) is 0.611. The molecule has 0 spiro atoms. The van der Waals surface area contributed by atoms with Crippen molar-refractivity contribution in [1.82, 2.24) is 10.2 Å². The third-order valence-electron chi connectivity index (χ3n) is 5.82. The van der Waals surface area contributed by atoms with E-state index in [2.05, 4.69) is 34.5 Å². The fourth-order valence-corrected chi connectivity index (χ4v) is 4.07. The Labute approximate surface area is 178 Å². The minimum absolute atomic E-state index is 0.101. The van der Waals surface area contributed by atoms with Crippen molar-refractivity contribution >= 4 is 16.7 Å². The number of amides is 1. The van der Waals surface area contributed by atoms with Gasteiger partial charge >= 0.3 is 0 Å². The normalized spacial score (nSPS) is 15.6. The summed E-state index contributed by atoms with van der Waals surface area (Å²) in [5.74, 6) is 0.609. The molecule has 3 aromatic carbocycles. The first-order valence-corrected chi connectivity index (χ1v) is 10.9. The van der Waals surface area contributed by atoms with Crippen LogP contribution >= 0.6 is 0 Å². The highest BCUT2D eigenvalue weighted by atomic mass is 16.5. The van der Waals surface area contributed by atoms with Crippen LogP contribution in [0.1, 0.15) is 37.3 Å². The van der Waals surface area contributed by atoms with Crippen LogP contribution in [0.3, 0.4) is 0 Å². The molecule has 3 aromatic rings. The highest BCUT2D eigenvalue weighted by molar-refractivity contribution is 5.84. The van der Waals surface area contributed by atoms with Crippen LogP contribution in [0.25, 0.3) is 10.8 Å². The van der Waals surface area contributed by atoms with Gasteiger partial charge in [0.2, 0.25) is 0 Å². The summed E-state index contributed by atoms with van der Waals surface area (Å²) >= 11 is 0. The van der Waals surface area contributed by atoms with Crippen LogP contribution in [0, 0.1) is 0 Å². The number of likely N-dealkylation sites (tertiary alicyclic amines) is 1. The Morgan fingerprint density at radius 3 is 2.43 bits per heavy atom. The fraction of sp³-hybridized carbons (Fsp3) is 0.346. The summed E-state index contributed by atoms with van der Waals surface area (Å²) in [6, 6.07) is 22.4. The number of carbonyl (C=O) groups excluding carboxylic acids is 1. The zero-order valence-electron chi connectivity index (χ0n) is 17.6. The predicted molar refractivity (Wildman–Crippen MR) is 121 cm³/mol. The number of benzene rings is 3. The zero-order chi connectivity index (χ0) is 20.8. The molecule has 156 valence electrons. The van der Waals surface area contributed by atoms with Crippen molar-refractivity contribution in [3.05, 3.63) is 77.9 Å². The summed E-state index contributed by atoms with van der Waals surface area (Å²) in [5.41, 5.74) is 2.47. The minimum atomic E-state index is -0.555. The number of hydrogen-bond donors (Lipinski definition) is 1. The van der Waals surface area contributed by atoms with E-state index in [9.17, 15) is 4.79 Å². The van der Waals surface area contributed by atoms with E-state index in [4.69, 9.17) is 4.74 Å². The number of nitrogens with zero attached hydrogens (tertiary/aromatic N) is 1. The van der Waals surface area contributed by atoms with Crippen LogP contribution in [0.4, 0.5) is 0 Å². The van der Waals surface area contributed by atoms with E-state index in [0.29, 0.717) is 12.3 Å². The first kappa shape index (κ1) is 20.4. The monoisotopic (exact) mass is 402 g/mol. The molecule has 4 rings (SSSR count). The van der Waals surface area contributed by atoms with Crippen molar-refractivity contribution in [3.8, 4) is 5.75 Å². The minimum Gasteiger partial charge on any atom is -0.481 e. The average Bonchev–Trinajstić information content (AvgIpc) is 2.79. The Hall–Kier alpha value is -2.85. The summed E-state index contributed by atoms with van der Waals surface area (Å²) in [4.78, 5) is 15.1. The van der Waals surface area contributed by atoms with E-state index >= 15 is 0 Å². The molecule has 0 saturated carbocycles. The molecule has 1 aliphatic heterocycles. The van der Waals surface area contributed by atoms with E-state index in [-0.39, 0.29) is 5.91 Å². The molecule has 1 saturated heterocycles. The number of ether oxygens (including phenoxy) is 1. The molecule has 0 radical (unpaired) electrons. The topological polar surface area (TPSA) is 41.6 Å². The first-order chi connectivity index (χ1) is 14.7. The molecular weight excluding hydrogens is 372 g/mol. The SMILES string of the molecule is C[C@H](Oc1ccc2ccccc2c1)C(=O)NCc1ccccc1CN1CCCCC1. The summed E-state index contributed by atoms with van der Waals surface area (Å²) in [6.07, 6.45) is 3.34. The molecule has 4 heteroatoms. The van der Waals surface area contributed by atoms with Crippen molar-refractivity contribution in [2.75, 3.05) is 13.1 Å². The molecule has 1 fully saturated rings. The van der Waals surface area contributed by atoms with Gasteiger partial charge in [-0.3, -0.25) is 9.69 Å². The van der Waals surface area contributed by atoms with E-state index in [1.165, 1.54) is 30.4 Å². The van der Waals surface area contributed by atoms with Crippen molar-refractivity contribution in [1.29, 1.82) is 0 Å². The molecule has 0 aromatic heterocycles. The maximum Gasteiger partial charge on any atom is 0.261 e. The van der Waals surface area contributed by atoms with Gasteiger partial charge < -0.3 is 10.1 Å². The van der Waals surface area contributed by atoms with Gasteiger partial charge in [0, 0.05) is 13.1 Å². The van der Waals surface area contributed by atoms with Crippen molar-refractivity contribution in [2.24, 2.45) is 0 Å². The standard InChI is InChI=1S/C26H30N2O2/c1-20(30-25-14-13-21-9-3-4-10-22(21)17-25)26(29)27-18-23-11-5-6-12-24(23)19-28-15-7-2-8-16-28/h3-6,9-14,17,20H,2,7-8,15-16,18-19H2,1H3,(H,27,29)/t20-/m0/s1. The van der Waals surface area contributed by atoms with E-state index in [0.717, 1.165) is 30.4 Å². The lowest BCUT2D eigenvalue weighted by Gasteiger charge is -2.27. The second-order valence-electron chi connectivity index (χ2n) is 8.09. The predicted octanol–water partition coefficient (Wildman–Crippen LogP) is 4.91. The van der Waals surface area contributed by atoms with Crippen molar-refractivity contribution in [2.45, 2.75) is 45.4 Å². The number of rotatable bonds is 7. The number of carbonyl (C=O) groups is 1. The van der Waals surface area contributed by atoms with E-state index in [1.54, 1.807) is 6.92 Å². The maximum atomic E-state index is 12.6. The Morgan fingerprint density at radius 1 is 0.933 bits per heavy atom. The number of hydrogen-bond acceptors (Lipinski definition) is 3. The molecule has 1 aliphatic rings. The van der Waals surface area contributed by atoms with Gasteiger partial charge in [-0.25, -0.2) is 0 Å². The fourth-order valence-electron chi connectivity index (χ4n) is 4.07. The lowest BCUT2D eigenvalue weighted by atomic mass is 10.0. The second-order valence-corrected chi connectivity index (χ2v) is 8.09. The van der Waals surface area contributed by atoms with E-state index in [1.807, 2.05) is 42.5 Å². The van der Waals surface area contributed by atoms with Gasteiger partial charge in [0.15, 0.2) is 6.10 Å². The summed E-state index contributed by atoms with van der Waals surface area (Å²) < 4.78 is 5.90. The third kappa shape index (κ3) is 5.19.